The molecule has 50 heavy (non-hydrogen) atoms. The van der Waals surface area contributed by atoms with Crippen molar-refractivity contribution in [3.05, 3.63) is 106 Å². The van der Waals surface area contributed by atoms with Crippen LogP contribution in [0.2, 0.25) is 0 Å². The third-order valence-electron chi connectivity index (χ3n) is 9.43. The highest BCUT2D eigenvalue weighted by Gasteiger charge is 2.53. The SMILES string of the molecule is [C-]#[N+]C1(c2ccc(N3C[C@H](Cn4cc(CO)nn4)OC3=O)cc2)CC1.[C-]#[N+]C1(c2ccc(N3C[C@H](Cn4nncc4CO)OC3=O)cc2)CC1. The molecule has 2 amide bonds. The lowest BCUT2D eigenvalue weighted by Gasteiger charge is -2.14. The van der Waals surface area contributed by atoms with Crippen molar-refractivity contribution in [1.82, 2.24) is 30.0 Å². The van der Waals surface area contributed by atoms with Crippen molar-refractivity contribution >= 4 is 23.6 Å². The van der Waals surface area contributed by atoms with Gasteiger partial charge in [0.15, 0.2) is 0 Å². The minimum absolute atomic E-state index is 0.165. The van der Waals surface area contributed by atoms with Crippen LogP contribution in [-0.2, 0) is 46.9 Å². The Morgan fingerprint density at radius 2 is 1.28 bits per heavy atom. The van der Waals surface area contributed by atoms with Gasteiger partial charge in [-0.25, -0.2) is 32.1 Å². The smallest absolute Gasteiger partial charge is 0.414 e. The molecule has 2 saturated heterocycles. The van der Waals surface area contributed by atoms with E-state index in [9.17, 15) is 14.7 Å². The molecule has 16 nitrogen and oxygen atoms in total. The number of cyclic esters (lactones) is 2. The van der Waals surface area contributed by atoms with Crippen LogP contribution in [0.5, 0.6) is 0 Å². The van der Waals surface area contributed by atoms with E-state index >= 15 is 0 Å². The van der Waals surface area contributed by atoms with Gasteiger partial charge >= 0.3 is 12.2 Å². The number of benzene rings is 2. The average molecular weight is 679 g/mol. The lowest BCUT2D eigenvalue weighted by molar-refractivity contribution is 0.126. The predicted octanol–water partition coefficient (Wildman–Crippen LogP) is 3.41. The average Bonchev–Trinajstić information content (AvgIpc) is 3.90. The van der Waals surface area contributed by atoms with Gasteiger partial charge in [-0.1, -0.05) is 10.4 Å². The summed E-state index contributed by atoms with van der Waals surface area (Å²) in [4.78, 5) is 34.9. The fourth-order valence-corrected chi connectivity index (χ4v) is 6.18. The molecule has 2 aromatic carbocycles. The molecule has 4 heterocycles. The van der Waals surface area contributed by atoms with E-state index in [2.05, 4.69) is 30.3 Å². The van der Waals surface area contributed by atoms with Gasteiger partial charge in [0.25, 0.3) is 11.1 Å². The highest BCUT2D eigenvalue weighted by molar-refractivity contribution is 5.90. The van der Waals surface area contributed by atoms with E-state index in [1.807, 2.05) is 48.5 Å². The number of anilines is 2. The van der Waals surface area contributed by atoms with Crippen molar-refractivity contribution in [1.29, 1.82) is 0 Å². The van der Waals surface area contributed by atoms with Crippen LogP contribution >= 0.6 is 0 Å². The summed E-state index contributed by atoms with van der Waals surface area (Å²) in [5.74, 6) is 0. The van der Waals surface area contributed by atoms with Gasteiger partial charge in [0.1, 0.15) is 17.9 Å². The summed E-state index contributed by atoms with van der Waals surface area (Å²) in [5, 5.41) is 33.6. The minimum Gasteiger partial charge on any atom is -0.442 e. The molecule has 0 unspecified atom stereocenters. The maximum Gasteiger partial charge on any atom is 0.414 e. The van der Waals surface area contributed by atoms with E-state index in [0.29, 0.717) is 37.6 Å². The minimum atomic E-state index is -0.408. The van der Waals surface area contributed by atoms with Gasteiger partial charge < -0.3 is 29.4 Å². The van der Waals surface area contributed by atoms with Gasteiger partial charge in [-0.05, 0) is 48.5 Å². The first kappa shape index (κ1) is 32.7. The maximum absolute atomic E-state index is 12.2. The summed E-state index contributed by atoms with van der Waals surface area (Å²) in [6.07, 6.45) is 5.21. The van der Waals surface area contributed by atoms with Crippen molar-refractivity contribution in [3.63, 3.8) is 0 Å². The Labute approximate surface area is 287 Å². The first-order chi connectivity index (χ1) is 24.3. The zero-order valence-corrected chi connectivity index (χ0v) is 27.0. The predicted molar refractivity (Wildman–Crippen MR) is 175 cm³/mol. The fraction of sp³-hybridized carbons (Fsp3) is 0.412. The van der Waals surface area contributed by atoms with Crippen LogP contribution in [0.3, 0.4) is 0 Å². The number of amides is 2. The number of aliphatic hydroxyl groups excluding tert-OH is 2. The lowest BCUT2D eigenvalue weighted by Crippen LogP contribution is -2.26. The van der Waals surface area contributed by atoms with E-state index in [1.165, 1.54) is 10.9 Å². The zero-order chi connectivity index (χ0) is 34.9. The van der Waals surface area contributed by atoms with Gasteiger partial charge in [-0.2, -0.15) is 0 Å². The van der Waals surface area contributed by atoms with Crippen LogP contribution in [-0.4, -0.2) is 77.7 Å². The number of ether oxygens (including phenoxy) is 2. The normalized spacial score (nSPS) is 21.0. The summed E-state index contributed by atoms with van der Waals surface area (Å²) in [6.45, 7) is 15.8. The number of rotatable bonds is 10. The highest BCUT2D eigenvalue weighted by atomic mass is 16.6. The summed E-state index contributed by atoms with van der Waals surface area (Å²) in [7, 11) is 0. The van der Waals surface area contributed by atoms with Gasteiger partial charge in [-0.15, -0.1) is 10.2 Å². The zero-order valence-electron chi connectivity index (χ0n) is 27.0. The number of aliphatic hydroxyl groups is 2. The Hall–Kier alpha value is -5.84. The summed E-state index contributed by atoms with van der Waals surface area (Å²) < 4.78 is 13.9. The molecule has 2 saturated carbocycles. The molecule has 2 aliphatic heterocycles. The van der Waals surface area contributed by atoms with E-state index < -0.39 is 12.2 Å². The Kier molecular flexibility index (Phi) is 8.65. The molecule has 4 aromatic rings. The second-order valence-corrected chi connectivity index (χ2v) is 12.8. The third-order valence-corrected chi connectivity index (χ3v) is 9.43. The third kappa shape index (κ3) is 6.46. The Bertz CT molecular complexity index is 1950. The molecule has 2 atom stereocenters. The summed E-state index contributed by atoms with van der Waals surface area (Å²) in [5.41, 5.74) is 3.88. The summed E-state index contributed by atoms with van der Waals surface area (Å²) in [6, 6.07) is 15.1. The molecule has 4 fully saturated rings. The van der Waals surface area contributed by atoms with Crippen LogP contribution in [0.4, 0.5) is 21.0 Å². The van der Waals surface area contributed by atoms with Gasteiger partial charge in [0.05, 0.1) is 57.5 Å². The van der Waals surface area contributed by atoms with Crippen LogP contribution < -0.4 is 9.80 Å². The number of hydrogen-bond donors (Lipinski definition) is 2. The molecule has 2 N–H and O–H groups in total. The number of carbonyl (C=O) groups is 2. The van der Waals surface area contributed by atoms with Gasteiger partial charge in [0, 0.05) is 48.2 Å². The molecule has 16 heteroatoms. The standard InChI is InChI=1S/2C17H17N5O3/c1-18-17(6-7-17)12-2-4-14(5-3-12)22-10-15(25-16(22)24)9-21-8-13(11-23)19-20-21;1-18-17(6-7-17)12-2-4-13(5-3-12)21-9-15(25-16(21)24)10-22-14(11-23)8-19-20-22/h2*2-5,8,15,23H,6-7,9-11H2/t2*15-/m01/s1. The van der Waals surface area contributed by atoms with Crippen molar-refractivity contribution in [2.45, 2.75) is 75.3 Å². The fourth-order valence-electron chi connectivity index (χ4n) is 6.18. The summed E-state index contributed by atoms with van der Waals surface area (Å²) >= 11 is 0. The molecule has 0 spiro atoms. The van der Waals surface area contributed by atoms with Crippen LogP contribution in [0.25, 0.3) is 9.69 Å². The van der Waals surface area contributed by atoms with E-state index in [-0.39, 0.29) is 36.5 Å². The molecule has 256 valence electrons. The molecule has 4 aliphatic rings. The van der Waals surface area contributed by atoms with Crippen LogP contribution in [0, 0.1) is 13.1 Å². The quantitative estimate of drug-likeness (QED) is 0.237. The number of carbonyl (C=O) groups excluding carboxylic acids is 2. The first-order valence-electron chi connectivity index (χ1n) is 16.2. The van der Waals surface area contributed by atoms with Gasteiger partial charge in [-0.3, -0.25) is 9.80 Å². The van der Waals surface area contributed by atoms with E-state index in [4.69, 9.17) is 27.7 Å². The van der Waals surface area contributed by atoms with Crippen LogP contribution in [0.15, 0.2) is 60.9 Å². The van der Waals surface area contributed by atoms with E-state index in [1.54, 1.807) is 20.7 Å². The van der Waals surface area contributed by atoms with Crippen molar-refractivity contribution < 1.29 is 29.3 Å². The second-order valence-electron chi connectivity index (χ2n) is 12.8. The highest BCUT2D eigenvalue weighted by Crippen LogP contribution is 2.50. The Morgan fingerprint density at radius 3 is 1.72 bits per heavy atom. The first-order valence-corrected chi connectivity index (χ1v) is 16.2. The molecule has 0 bridgehead atoms. The largest absolute Gasteiger partial charge is 0.442 e. The van der Waals surface area contributed by atoms with Crippen molar-refractivity contribution in [3.8, 4) is 0 Å². The Morgan fingerprint density at radius 1 is 0.760 bits per heavy atom. The number of nitrogens with zero attached hydrogens (tertiary/aromatic N) is 10. The topological polar surface area (TPSA) is 170 Å². The van der Waals surface area contributed by atoms with Crippen molar-refractivity contribution in [2.75, 3.05) is 22.9 Å². The molecular formula is C34H34N10O6. The van der Waals surface area contributed by atoms with Gasteiger partial charge in [0.2, 0.25) is 0 Å². The maximum atomic E-state index is 12.2. The number of hydrogen-bond acceptors (Lipinski definition) is 10. The Balaban J connectivity index is 0.000000157. The van der Waals surface area contributed by atoms with Crippen molar-refractivity contribution in [2.24, 2.45) is 0 Å². The monoisotopic (exact) mass is 678 g/mol. The van der Waals surface area contributed by atoms with Crippen LogP contribution in [0.1, 0.15) is 48.2 Å². The lowest BCUT2D eigenvalue weighted by atomic mass is 10.1. The van der Waals surface area contributed by atoms with E-state index in [0.717, 1.165) is 48.2 Å². The molecular weight excluding hydrogens is 644 g/mol. The molecule has 2 aliphatic carbocycles. The molecule has 8 rings (SSSR count). The molecule has 2 aromatic heterocycles. The second kappa shape index (κ2) is 13.2. The molecule has 0 radical (unpaired) electrons. The number of aromatic nitrogens is 6.